The van der Waals surface area contributed by atoms with Crippen molar-refractivity contribution in [2.45, 2.75) is 13.0 Å². The summed E-state index contributed by atoms with van der Waals surface area (Å²) < 4.78 is 5.45. The van der Waals surface area contributed by atoms with E-state index in [1.807, 2.05) is 12.1 Å². The Balaban J connectivity index is 1.58. The Hall–Kier alpha value is -2.56. The molecule has 1 amide bonds. The lowest BCUT2D eigenvalue weighted by molar-refractivity contribution is -0.116. The summed E-state index contributed by atoms with van der Waals surface area (Å²) in [5, 5.41) is 2.79. The van der Waals surface area contributed by atoms with Gasteiger partial charge in [-0.3, -0.25) is 4.79 Å². The van der Waals surface area contributed by atoms with Gasteiger partial charge in [0.05, 0.1) is 25.2 Å². The number of carbonyl (C=O) groups is 1. The number of imidazole rings is 1. The number of aromatic nitrogens is 2. The van der Waals surface area contributed by atoms with Crippen LogP contribution in [0.1, 0.15) is 16.8 Å². The van der Waals surface area contributed by atoms with Gasteiger partial charge in [0, 0.05) is 18.7 Å². The number of fused-ring (bicyclic) bond motifs is 1. The monoisotopic (exact) mass is 269 g/mol. The number of ether oxygens (including phenoxy) is 1. The van der Waals surface area contributed by atoms with Gasteiger partial charge >= 0.3 is 0 Å². The van der Waals surface area contributed by atoms with Crippen LogP contribution >= 0.6 is 0 Å². The van der Waals surface area contributed by atoms with Gasteiger partial charge in [-0.2, -0.15) is 0 Å². The van der Waals surface area contributed by atoms with Gasteiger partial charge in [0.1, 0.15) is 5.75 Å². The van der Waals surface area contributed by atoms with Crippen molar-refractivity contribution in [1.29, 1.82) is 0 Å². The molecule has 20 heavy (non-hydrogen) atoms. The number of rotatable bonds is 4. The van der Waals surface area contributed by atoms with Crippen molar-refractivity contribution in [3.8, 4) is 5.75 Å². The second-order valence-corrected chi connectivity index (χ2v) is 4.59. The van der Waals surface area contributed by atoms with Crippen molar-refractivity contribution >= 4 is 12.0 Å². The number of nitrogens with zero attached hydrogens (tertiary/aromatic N) is 1. The first-order valence-corrected chi connectivity index (χ1v) is 6.50. The molecule has 0 fully saturated rings. The maximum atomic E-state index is 11.7. The van der Waals surface area contributed by atoms with Crippen LogP contribution in [0.15, 0.2) is 36.8 Å². The third-order valence-corrected chi connectivity index (χ3v) is 3.15. The molecule has 2 heterocycles. The van der Waals surface area contributed by atoms with Crippen LogP contribution < -0.4 is 10.1 Å². The lowest BCUT2D eigenvalue weighted by Gasteiger charge is -2.01. The molecule has 0 spiro atoms. The molecule has 0 bridgehead atoms. The van der Waals surface area contributed by atoms with Crippen LogP contribution in [0.3, 0.4) is 0 Å². The first-order chi connectivity index (χ1) is 9.81. The average molecular weight is 269 g/mol. The highest BCUT2D eigenvalue weighted by Crippen LogP contribution is 2.26. The van der Waals surface area contributed by atoms with Gasteiger partial charge in [-0.15, -0.1) is 0 Å². The Labute approximate surface area is 116 Å². The minimum Gasteiger partial charge on any atom is -0.493 e. The summed E-state index contributed by atoms with van der Waals surface area (Å²) in [4.78, 5) is 18.5. The fourth-order valence-electron chi connectivity index (χ4n) is 2.10. The summed E-state index contributed by atoms with van der Waals surface area (Å²) in [5.74, 6) is 0.821. The average Bonchev–Trinajstić information content (AvgIpc) is 3.13. The number of aromatic amines is 1. The largest absolute Gasteiger partial charge is 0.493 e. The van der Waals surface area contributed by atoms with Crippen LogP contribution in [0.4, 0.5) is 0 Å². The number of H-pyrrole nitrogens is 1. The van der Waals surface area contributed by atoms with Gasteiger partial charge in [-0.1, -0.05) is 6.07 Å². The molecule has 1 aromatic heterocycles. The molecule has 0 aliphatic carbocycles. The SMILES string of the molecule is O=C(C=Cc1ccc2c(c1)CCO2)NCc1cnc[nH]1. The second kappa shape index (κ2) is 5.61. The maximum absolute atomic E-state index is 11.7. The summed E-state index contributed by atoms with van der Waals surface area (Å²) in [5.41, 5.74) is 3.08. The van der Waals surface area contributed by atoms with E-state index in [0.717, 1.165) is 30.0 Å². The molecular formula is C15H15N3O2. The predicted molar refractivity (Wildman–Crippen MR) is 75.1 cm³/mol. The van der Waals surface area contributed by atoms with Crippen molar-refractivity contribution in [1.82, 2.24) is 15.3 Å². The summed E-state index contributed by atoms with van der Waals surface area (Å²) in [7, 11) is 0. The zero-order valence-electron chi connectivity index (χ0n) is 10.9. The van der Waals surface area contributed by atoms with Gasteiger partial charge in [-0.25, -0.2) is 4.98 Å². The minimum absolute atomic E-state index is 0.128. The molecule has 1 aromatic carbocycles. The number of amides is 1. The van der Waals surface area contributed by atoms with Crippen LogP contribution in [0.5, 0.6) is 5.75 Å². The summed E-state index contributed by atoms with van der Waals surface area (Å²) in [6.45, 7) is 1.19. The first-order valence-electron chi connectivity index (χ1n) is 6.50. The maximum Gasteiger partial charge on any atom is 0.244 e. The van der Waals surface area contributed by atoms with Gasteiger partial charge in [0.15, 0.2) is 0 Å². The van der Waals surface area contributed by atoms with Crippen molar-refractivity contribution < 1.29 is 9.53 Å². The Kier molecular flexibility index (Phi) is 3.50. The fraction of sp³-hybridized carbons (Fsp3) is 0.200. The molecule has 1 aliphatic rings. The molecule has 0 saturated carbocycles. The van der Waals surface area contributed by atoms with E-state index in [1.54, 1.807) is 18.6 Å². The summed E-state index contributed by atoms with van der Waals surface area (Å²) >= 11 is 0. The molecule has 0 unspecified atom stereocenters. The highest BCUT2D eigenvalue weighted by atomic mass is 16.5. The van der Waals surface area contributed by atoms with E-state index >= 15 is 0 Å². The van der Waals surface area contributed by atoms with Crippen molar-refractivity contribution in [2.24, 2.45) is 0 Å². The number of hydrogen-bond donors (Lipinski definition) is 2. The topological polar surface area (TPSA) is 67.0 Å². The molecule has 3 rings (SSSR count). The molecule has 1 aliphatic heterocycles. The molecule has 2 aromatic rings. The van der Waals surface area contributed by atoms with E-state index in [-0.39, 0.29) is 5.91 Å². The molecule has 5 heteroatoms. The molecular weight excluding hydrogens is 254 g/mol. The number of benzene rings is 1. The zero-order valence-corrected chi connectivity index (χ0v) is 10.9. The van der Waals surface area contributed by atoms with E-state index in [0.29, 0.717) is 6.54 Å². The van der Waals surface area contributed by atoms with Gasteiger partial charge in [-0.05, 0) is 29.3 Å². The molecule has 0 saturated heterocycles. The van der Waals surface area contributed by atoms with Gasteiger partial charge in [0.25, 0.3) is 0 Å². The molecule has 102 valence electrons. The lowest BCUT2D eigenvalue weighted by Crippen LogP contribution is -2.20. The summed E-state index contributed by atoms with van der Waals surface area (Å²) in [6, 6.07) is 5.95. The van der Waals surface area contributed by atoms with Crippen LogP contribution in [0, 0.1) is 0 Å². The first kappa shape index (κ1) is 12.5. The van der Waals surface area contributed by atoms with Gasteiger partial charge < -0.3 is 15.0 Å². The Morgan fingerprint density at radius 3 is 3.30 bits per heavy atom. The Morgan fingerprint density at radius 1 is 1.50 bits per heavy atom. The minimum atomic E-state index is -0.128. The fourth-order valence-corrected chi connectivity index (χ4v) is 2.10. The zero-order chi connectivity index (χ0) is 13.8. The predicted octanol–water partition coefficient (Wildman–Crippen LogP) is 1.67. The van der Waals surface area contributed by atoms with E-state index in [1.165, 1.54) is 11.6 Å². The highest BCUT2D eigenvalue weighted by Gasteiger charge is 2.11. The van der Waals surface area contributed by atoms with Crippen LogP contribution in [-0.4, -0.2) is 22.5 Å². The van der Waals surface area contributed by atoms with E-state index in [9.17, 15) is 4.79 Å². The van der Waals surface area contributed by atoms with Crippen molar-refractivity contribution in [3.05, 3.63) is 53.6 Å². The van der Waals surface area contributed by atoms with E-state index in [4.69, 9.17) is 4.74 Å². The van der Waals surface area contributed by atoms with Crippen LogP contribution in [0.2, 0.25) is 0 Å². The number of carbonyl (C=O) groups excluding carboxylic acids is 1. The van der Waals surface area contributed by atoms with Crippen molar-refractivity contribution in [2.75, 3.05) is 6.61 Å². The standard InChI is InChI=1S/C15H15N3O2/c19-15(17-9-13-8-16-10-18-13)4-2-11-1-3-14-12(7-11)5-6-20-14/h1-4,7-8,10H,5-6,9H2,(H,16,18)(H,17,19). The normalized spacial score (nSPS) is 13.2. The number of nitrogens with one attached hydrogen (secondary N) is 2. The van der Waals surface area contributed by atoms with Crippen molar-refractivity contribution in [3.63, 3.8) is 0 Å². The smallest absolute Gasteiger partial charge is 0.244 e. The lowest BCUT2D eigenvalue weighted by atomic mass is 10.1. The van der Waals surface area contributed by atoms with Crippen LogP contribution in [0.25, 0.3) is 6.08 Å². The van der Waals surface area contributed by atoms with E-state index < -0.39 is 0 Å². The quantitative estimate of drug-likeness (QED) is 0.830. The molecule has 2 N–H and O–H groups in total. The highest BCUT2D eigenvalue weighted by molar-refractivity contribution is 5.91. The molecule has 5 nitrogen and oxygen atoms in total. The van der Waals surface area contributed by atoms with E-state index in [2.05, 4.69) is 21.4 Å². The third-order valence-electron chi connectivity index (χ3n) is 3.15. The summed E-state index contributed by atoms with van der Waals surface area (Å²) in [6.07, 6.45) is 7.55. The van der Waals surface area contributed by atoms with Gasteiger partial charge in [0.2, 0.25) is 5.91 Å². The Bertz CT molecular complexity index is 633. The second-order valence-electron chi connectivity index (χ2n) is 4.59. The Morgan fingerprint density at radius 2 is 2.45 bits per heavy atom. The van der Waals surface area contributed by atoms with Crippen LogP contribution in [-0.2, 0) is 17.8 Å². The molecule has 0 radical (unpaired) electrons. The molecule has 0 atom stereocenters. The number of hydrogen-bond acceptors (Lipinski definition) is 3. The third kappa shape index (κ3) is 2.88.